The fourth-order valence-electron chi connectivity index (χ4n) is 1.11. The molecule has 0 saturated heterocycles. The zero-order chi connectivity index (χ0) is 11.1. The van der Waals surface area contributed by atoms with Crippen molar-refractivity contribution in [1.82, 2.24) is 5.32 Å². The quantitative estimate of drug-likeness (QED) is 0.484. The highest BCUT2D eigenvalue weighted by Gasteiger charge is 2.13. The minimum Gasteiger partial charge on any atom is -0.469 e. The Balaban J connectivity index is 2.09. The number of methoxy groups -OCH3 is 1. The van der Waals surface area contributed by atoms with E-state index < -0.39 is 0 Å². The van der Waals surface area contributed by atoms with Crippen LogP contribution in [0.4, 0.5) is 0 Å². The first kappa shape index (κ1) is 12.3. The number of hydrogen-bond acceptors (Lipinski definition) is 4. The smallest absolute Gasteiger partial charge is 0.320 e. The number of halogens is 1. The molecule has 0 aliphatic heterocycles. The molecular formula is C10H14BrNO3. The van der Waals surface area contributed by atoms with Gasteiger partial charge in [0.15, 0.2) is 0 Å². The highest BCUT2D eigenvalue weighted by atomic mass is 79.9. The van der Waals surface area contributed by atoms with Gasteiger partial charge in [-0.2, -0.15) is 0 Å². The molecule has 0 aromatic carbocycles. The number of furan rings is 1. The number of esters is 1. The predicted molar refractivity (Wildman–Crippen MR) is 60.0 cm³/mol. The highest BCUT2D eigenvalue weighted by Crippen LogP contribution is 2.01. The van der Waals surface area contributed by atoms with Crippen LogP contribution in [0.1, 0.15) is 5.76 Å². The van der Waals surface area contributed by atoms with Crippen LogP contribution in [-0.2, 0) is 16.0 Å². The molecule has 1 aromatic rings. The van der Waals surface area contributed by atoms with Crippen molar-refractivity contribution in [2.75, 3.05) is 20.2 Å². The van der Waals surface area contributed by atoms with Gasteiger partial charge in [-0.25, -0.2) is 0 Å². The third-order valence-electron chi connectivity index (χ3n) is 1.91. The van der Waals surface area contributed by atoms with Gasteiger partial charge in [-0.3, -0.25) is 4.79 Å². The molecule has 5 heteroatoms. The van der Waals surface area contributed by atoms with E-state index in [1.165, 1.54) is 7.11 Å². The van der Waals surface area contributed by atoms with Gasteiger partial charge in [-0.15, -0.1) is 0 Å². The molecule has 0 aliphatic rings. The number of nitrogens with one attached hydrogen (secondary N) is 1. The third kappa shape index (κ3) is 4.48. The number of carbonyl (C=O) groups is 1. The monoisotopic (exact) mass is 275 g/mol. The summed E-state index contributed by atoms with van der Waals surface area (Å²) in [6.07, 6.45) is 2.46. The summed E-state index contributed by atoms with van der Waals surface area (Å²) < 4.78 is 9.74. The number of alkyl halides is 1. The Hall–Kier alpha value is -0.810. The van der Waals surface area contributed by atoms with Gasteiger partial charge < -0.3 is 14.5 Å². The van der Waals surface area contributed by atoms with Gasteiger partial charge in [0.2, 0.25) is 0 Å². The molecule has 0 bridgehead atoms. The number of carbonyl (C=O) groups excluding carboxylic acids is 1. The van der Waals surface area contributed by atoms with Crippen LogP contribution in [0.25, 0.3) is 0 Å². The molecule has 0 spiro atoms. The van der Waals surface area contributed by atoms with Crippen LogP contribution in [0.3, 0.4) is 0 Å². The van der Waals surface area contributed by atoms with E-state index in [9.17, 15) is 4.79 Å². The molecule has 4 nitrogen and oxygen atoms in total. The van der Waals surface area contributed by atoms with Gasteiger partial charge in [0.1, 0.15) is 10.6 Å². The molecule has 1 aromatic heterocycles. The van der Waals surface area contributed by atoms with Crippen molar-refractivity contribution >= 4 is 21.9 Å². The summed E-state index contributed by atoms with van der Waals surface area (Å²) >= 11 is 3.22. The Morgan fingerprint density at radius 3 is 3.13 bits per heavy atom. The average Bonchev–Trinajstić information content (AvgIpc) is 2.75. The topological polar surface area (TPSA) is 51.5 Å². The molecule has 0 amide bonds. The van der Waals surface area contributed by atoms with E-state index in [1.807, 2.05) is 12.1 Å². The molecule has 0 radical (unpaired) electrons. The lowest BCUT2D eigenvalue weighted by Crippen LogP contribution is -2.30. The SMILES string of the molecule is COC(=O)C(Br)CNCCc1ccco1. The molecule has 15 heavy (non-hydrogen) atoms. The number of rotatable bonds is 6. The summed E-state index contributed by atoms with van der Waals surface area (Å²) in [6, 6.07) is 3.78. The molecule has 0 aliphatic carbocycles. The molecular weight excluding hydrogens is 262 g/mol. The molecule has 0 fully saturated rings. The molecule has 1 N–H and O–H groups in total. The molecule has 84 valence electrons. The van der Waals surface area contributed by atoms with Crippen LogP contribution in [0.15, 0.2) is 22.8 Å². The van der Waals surface area contributed by atoms with Crippen LogP contribution in [0.2, 0.25) is 0 Å². The van der Waals surface area contributed by atoms with Gasteiger partial charge in [-0.05, 0) is 12.1 Å². The first-order valence-corrected chi connectivity index (χ1v) is 5.60. The van der Waals surface area contributed by atoms with E-state index in [0.29, 0.717) is 6.54 Å². The molecule has 1 atom stereocenters. The van der Waals surface area contributed by atoms with Crippen LogP contribution < -0.4 is 5.32 Å². The van der Waals surface area contributed by atoms with Crippen molar-refractivity contribution < 1.29 is 13.9 Å². The van der Waals surface area contributed by atoms with Gasteiger partial charge in [0.25, 0.3) is 0 Å². The highest BCUT2D eigenvalue weighted by molar-refractivity contribution is 9.10. The summed E-state index contributed by atoms with van der Waals surface area (Å²) in [6.45, 7) is 1.32. The van der Waals surface area contributed by atoms with Crippen molar-refractivity contribution in [3.8, 4) is 0 Å². The maximum absolute atomic E-state index is 11.0. The van der Waals surface area contributed by atoms with Crippen molar-refractivity contribution in [2.24, 2.45) is 0 Å². The van der Waals surface area contributed by atoms with Crippen molar-refractivity contribution in [1.29, 1.82) is 0 Å². The lowest BCUT2D eigenvalue weighted by Gasteiger charge is -2.08. The van der Waals surface area contributed by atoms with Gasteiger partial charge in [0, 0.05) is 19.5 Å². The van der Waals surface area contributed by atoms with Crippen LogP contribution >= 0.6 is 15.9 Å². The van der Waals surface area contributed by atoms with Crippen molar-refractivity contribution in [2.45, 2.75) is 11.2 Å². The average molecular weight is 276 g/mol. The fourth-order valence-corrected chi connectivity index (χ4v) is 1.52. The van der Waals surface area contributed by atoms with Gasteiger partial charge >= 0.3 is 5.97 Å². The normalized spacial score (nSPS) is 12.4. The summed E-state index contributed by atoms with van der Waals surface area (Å²) in [4.78, 5) is 10.7. The van der Waals surface area contributed by atoms with Gasteiger partial charge in [0.05, 0.1) is 13.4 Å². The van der Waals surface area contributed by atoms with E-state index in [-0.39, 0.29) is 10.8 Å². The Labute approximate surface area is 97.1 Å². The summed E-state index contributed by atoms with van der Waals surface area (Å²) in [5.74, 6) is 0.673. The Morgan fingerprint density at radius 1 is 1.73 bits per heavy atom. The second kappa shape index (κ2) is 6.63. The molecule has 0 saturated carbocycles. The van der Waals surface area contributed by atoms with E-state index >= 15 is 0 Å². The summed E-state index contributed by atoms with van der Waals surface area (Å²) in [7, 11) is 1.37. The third-order valence-corrected chi connectivity index (χ3v) is 2.61. The van der Waals surface area contributed by atoms with Crippen LogP contribution in [-0.4, -0.2) is 31.0 Å². The molecule has 1 unspecified atom stereocenters. The molecule has 1 rings (SSSR count). The molecule has 1 heterocycles. The van der Waals surface area contributed by atoms with E-state index in [2.05, 4.69) is 26.0 Å². The largest absolute Gasteiger partial charge is 0.469 e. The first-order valence-electron chi connectivity index (χ1n) is 4.69. The fraction of sp³-hybridized carbons (Fsp3) is 0.500. The second-order valence-corrected chi connectivity index (χ2v) is 4.13. The number of hydrogen-bond donors (Lipinski definition) is 1. The summed E-state index contributed by atoms with van der Waals surface area (Å²) in [5, 5.41) is 3.13. The van der Waals surface area contributed by atoms with E-state index in [0.717, 1.165) is 18.7 Å². The van der Waals surface area contributed by atoms with Crippen LogP contribution in [0, 0.1) is 0 Å². The van der Waals surface area contributed by atoms with Gasteiger partial charge in [-0.1, -0.05) is 15.9 Å². The maximum Gasteiger partial charge on any atom is 0.320 e. The number of ether oxygens (including phenoxy) is 1. The summed E-state index contributed by atoms with van der Waals surface area (Å²) in [5.41, 5.74) is 0. The maximum atomic E-state index is 11.0. The zero-order valence-corrected chi connectivity index (χ0v) is 10.1. The van der Waals surface area contributed by atoms with E-state index in [1.54, 1.807) is 6.26 Å². The van der Waals surface area contributed by atoms with Crippen LogP contribution in [0.5, 0.6) is 0 Å². The lowest BCUT2D eigenvalue weighted by atomic mass is 10.3. The van der Waals surface area contributed by atoms with Crippen molar-refractivity contribution in [3.63, 3.8) is 0 Å². The standard InChI is InChI=1S/C10H14BrNO3/c1-14-10(13)9(11)7-12-5-4-8-3-2-6-15-8/h2-3,6,9,12H,4-5,7H2,1H3. The minimum absolute atomic E-state index is 0.263. The van der Waals surface area contributed by atoms with Crippen molar-refractivity contribution in [3.05, 3.63) is 24.2 Å². The Bertz CT molecular complexity index is 287. The second-order valence-electron chi connectivity index (χ2n) is 3.02. The lowest BCUT2D eigenvalue weighted by molar-refractivity contribution is -0.139. The Morgan fingerprint density at radius 2 is 2.53 bits per heavy atom. The predicted octanol–water partition coefficient (Wildman–Crippen LogP) is 1.35. The van der Waals surface area contributed by atoms with E-state index in [4.69, 9.17) is 4.42 Å². The minimum atomic E-state index is -0.292. The first-order chi connectivity index (χ1) is 7.24. The Kier molecular flexibility index (Phi) is 5.42. The zero-order valence-electron chi connectivity index (χ0n) is 8.53.